The molecule has 0 fully saturated rings. The van der Waals surface area contributed by atoms with E-state index in [1.54, 1.807) is 30.3 Å². The van der Waals surface area contributed by atoms with Crippen LogP contribution in [-0.2, 0) is 17.4 Å². The van der Waals surface area contributed by atoms with Gasteiger partial charge in [-0.2, -0.15) is 13.2 Å². The number of amides is 1. The third-order valence-electron chi connectivity index (χ3n) is 5.58. The summed E-state index contributed by atoms with van der Waals surface area (Å²) in [6.45, 7) is 3.81. The summed E-state index contributed by atoms with van der Waals surface area (Å²) in [4.78, 5) is 25.8. The second kappa shape index (κ2) is 8.99. The van der Waals surface area contributed by atoms with Gasteiger partial charge in [0, 0.05) is 16.0 Å². The molecule has 0 aliphatic carbocycles. The molecule has 0 aliphatic rings. The molecule has 1 N–H and O–H groups in total. The first kappa shape index (κ1) is 23.6. The highest BCUT2D eigenvalue weighted by Gasteiger charge is 2.34. The number of carbonyl (C=O) groups is 1. The summed E-state index contributed by atoms with van der Waals surface area (Å²) in [6.07, 6.45) is -5.20. The van der Waals surface area contributed by atoms with Crippen LogP contribution in [-0.4, -0.2) is 5.91 Å². The Balaban J connectivity index is 1.82. The quantitative estimate of drug-likeness (QED) is 0.319. The van der Waals surface area contributed by atoms with E-state index in [1.165, 1.54) is 6.07 Å². The zero-order chi connectivity index (χ0) is 24.6. The number of benzene rings is 3. The van der Waals surface area contributed by atoms with E-state index < -0.39 is 35.4 Å². The van der Waals surface area contributed by atoms with Crippen molar-refractivity contribution in [2.45, 2.75) is 26.4 Å². The molecule has 0 saturated heterocycles. The summed E-state index contributed by atoms with van der Waals surface area (Å²) in [6, 6.07) is 15.7. The highest BCUT2D eigenvalue weighted by atomic mass is 35.5. The number of anilines is 1. The fraction of sp³-hybridized carbons (Fsp3) is 0.154. The molecule has 4 aromatic rings. The zero-order valence-corrected chi connectivity index (χ0v) is 19.0. The van der Waals surface area contributed by atoms with Crippen LogP contribution >= 0.6 is 11.6 Å². The summed E-state index contributed by atoms with van der Waals surface area (Å²) in [5.41, 5.74) is 1.28. The van der Waals surface area contributed by atoms with Gasteiger partial charge in [0.1, 0.15) is 5.58 Å². The van der Waals surface area contributed by atoms with E-state index in [9.17, 15) is 22.8 Å². The topological polar surface area (TPSA) is 59.3 Å². The van der Waals surface area contributed by atoms with Crippen molar-refractivity contribution in [1.82, 2.24) is 0 Å². The lowest BCUT2D eigenvalue weighted by Crippen LogP contribution is -2.22. The number of hydrogen-bond donors (Lipinski definition) is 1. The van der Waals surface area contributed by atoms with Gasteiger partial charge in [0.25, 0.3) is 0 Å². The molecular formula is C26H19ClF3NO3. The molecule has 34 heavy (non-hydrogen) atoms. The molecule has 4 nitrogen and oxygen atoms in total. The van der Waals surface area contributed by atoms with Gasteiger partial charge in [-0.15, -0.1) is 0 Å². The molecule has 0 saturated carbocycles. The van der Waals surface area contributed by atoms with E-state index in [2.05, 4.69) is 5.32 Å². The molecule has 4 rings (SSSR count). The smallest absolute Gasteiger partial charge is 0.418 e. The Morgan fingerprint density at radius 1 is 1.00 bits per heavy atom. The minimum Gasteiger partial charge on any atom is -0.422 e. The van der Waals surface area contributed by atoms with Crippen LogP contribution in [0, 0.1) is 13.8 Å². The SMILES string of the molecule is Cc1cc2oc(=O)c(CC(=O)Nc3ccc(Cl)cc3C(F)(F)F)c(-c3ccccc3)c2cc1C. The van der Waals surface area contributed by atoms with Crippen LogP contribution in [0.4, 0.5) is 18.9 Å². The van der Waals surface area contributed by atoms with Crippen LogP contribution in [0.3, 0.4) is 0 Å². The monoisotopic (exact) mass is 485 g/mol. The van der Waals surface area contributed by atoms with Gasteiger partial charge in [0.2, 0.25) is 5.91 Å². The zero-order valence-electron chi connectivity index (χ0n) is 18.2. The van der Waals surface area contributed by atoms with E-state index in [0.717, 1.165) is 23.3 Å². The number of carbonyl (C=O) groups excluding carboxylic acids is 1. The normalized spacial score (nSPS) is 11.6. The lowest BCUT2D eigenvalue weighted by molar-refractivity contribution is -0.137. The van der Waals surface area contributed by atoms with Crippen molar-refractivity contribution in [2.75, 3.05) is 5.32 Å². The minimum atomic E-state index is -4.72. The van der Waals surface area contributed by atoms with Crippen LogP contribution in [0.1, 0.15) is 22.3 Å². The Hall–Kier alpha value is -3.58. The number of nitrogens with one attached hydrogen (secondary N) is 1. The molecule has 3 aromatic carbocycles. The number of aryl methyl sites for hydroxylation is 2. The maximum atomic E-state index is 13.4. The van der Waals surface area contributed by atoms with E-state index in [-0.39, 0.29) is 10.6 Å². The second-order valence-electron chi connectivity index (χ2n) is 7.95. The fourth-order valence-corrected chi connectivity index (χ4v) is 3.98. The van der Waals surface area contributed by atoms with Gasteiger partial charge in [-0.1, -0.05) is 41.9 Å². The summed E-state index contributed by atoms with van der Waals surface area (Å²) >= 11 is 5.71. The average molecular weight is 486 g/mol. The van der Waals surface area contributed by atoms with Crippen molar-refractivity contribution in [3.8, 4) is 11.1 Å². The van der Waals surface area contributed by atoms with Crippen molar-refractivity contribution in [3.05, 3.63) is 98.4 Å². The second-order valence-corrected chi connectivity index (χ2v) is 8.39. The predicted octanol–water partition coefficient (Wildman–Crippen LogP) is 6.93. The Kier molecular flexibility index (Phi) is 6.23. The number of hydrogen-bond acceptors (Lipinski definition) is 3. The Labute approximate surface area is 198 Å². The fourth-order valence-electron chi connectivity index (χ4n) is 3.81. The molecule has 0 atom stereocenters. The van der Waals surface area contributed by atoms with Crippen LogP contribution in [0.25, 0.3) is 22.1 Å². The highest BCUT2D eigenvalue weighted by Crippen LogP contribution is 2.37. The van der Waals surface area contributed by atoms with E-state index in [4.69, 9.17) is 16.0 Å². The molecule has 0 radical (unpaired) electrons. The molecule has 1 amide bonds. The third kappa shape index (κ3) is 4.70. The van der Waals surface area contributed by atoms with Crippen molar-refractivity contribution < 1.29 is 22.4 Å². The maximum Gasteiger partial charge on any atom is 0.418 e. The van der Waals surface area contributed by atoms with Crippen molar-refractivity contribution >= 4 is 34.2 Å². The molecule has 174 valence electrons. The largest absolute Gasteiger partial charge is 0.422 e. The van der Waals surface area contributed by atoms with Crippen LogP contribution in [0.5, 0.6) is 0 Å². The van der Waals surface area contributed by atoms with Crippen molar-refractivity contribution in [1.29, 1.82) is 0 Å². The van der Waals surface area contributed by atoms with Crippen molar-refractivity contribution in [2.24, 2.45) is 0 Å². The van der Waals surface area contributed by atoms with Gasteiger partial charge in [-0.3, -0.25) is 4.79 Å². The van der Waals surface area contributed by atoms with Crippen LogP contribution < -0.4 is 10.9 Å². The van der Waals surface area contributed by atoms with Gasteiger partial charge < -0.3 is 9.73 Å². The molecule has 8 heteroatoms. The van der Waals surface area contributed by atoms with E-state index >= 15 is 0 Å². The molecule has 0 aliphatic heterocycles. The summed E-state index contributed by atoms with van der Waals surface area (Å²) < 4.78 is 45.8. The average Bonchev–Trinajstić information content (AvgIpc) is 2.77. The predicted molar refractivity (Wildman–Crippen MR) is 126 cm³/mol. The lowest BCUT2D eigenvalue weighted by Gasteiger charge is -2.16. The highest BCUT2D eigenvalue weighted by molar-refractivity contribution is 6.30. The first-order valence-electron chi connectivity index (χ1n) is 10.3. The van der Waals surface area contributed by atoms with Gasteiger partial charge >= 0.3 is 11.8 Å². The van der Waals surface area contributed by atoms with Gasteiger partial charge in [0.05, 0.1) is 23.2 Å². The first-order chi connectivity index (χ1) is 16.0. The summed E-state index contributed by atoms with van der Waals surface area (Å²) in [5.74, 6) is -0.791. The van der Waals surface area contributed by atoms with E-state index in [0.29, 0.717) is 22.1 Å². The molecule has 0 unspecified atom stereocenters. The number of alkyl halides is 3. The number of rotatable bonds is 4. The first-order valence-corrected chi connectivity index (χ1v) is 10.7. The van der Waals surface area contributed by atoms with Gasteiger partial charge in [-0.05, 0) is 60.9 Å². The molecular weight excluding hydrogens is 467 g/mol. The Morgan fingerprint density at radius 3 is 2.35 bits per heavy atom. The molecule has 1 heterocycles. The van der Waals surface area contributed by atoms with E-state index in [1.807, 2.05) is 26.0 Å². The minimum absolute atomic E-state index is 0.0574. The third-order valence-corrected chi connectivity index (χ3v) is 5.81. The number of halogens is 4. The van der Waals surface area contributed by atoms with Gasteiger partial charge in [0.15, 0.2) is 0 Å². The summed E-state index contributed by atoms with van der Waals surface area (Å²) in [5, 5.41) is 2.79. The lowest BCUT2D eigenvalue weighted by atomic mass is 9.93. The number of fused-ring (bicyclic) bond motifs is 1. The maximum absolute atomic E-state index is 13.4. The Bertz CT molecular complexity index is 1460. The molecule has 1 aromatic heterocycles. The van der Waals surface area contributed by atoms with Crippen LogP contribution in [0.15, 0.2) is 69.9 Å². The Morgan fingerprint density at radius 2 is 1.68 bits per heavy atom. The molecule has 0 spiro atoms. The standard InChI is InChI=1S/C26H19ClF3NO3/c1-14-10-18-22(11-15(14)2)34-25(33)19(24(18)16-6-4-3-5-7-16)13-23(32)31-21-9-8-17(27)12-20(21)26(28,29)30/h3-12H,13H2,1-2H3,(H,31,32). The van der Waals surface area contributed by atoms with Crippen molar-refractivity contribution in [3.63, 3.8) is 0 Å². The van der Waals surface area contributed by atoms with Gasteiger partial charge in [-0.25, -0.2) is 4.79 Å². The summed E-state index contributed by atoms with van der Waals surface area (Å²) in [7, 11) is 0. The van der Waals surface area contributed by atoms with Crippen LogP contribution in [0.2, 0.25) is 5.02 Å². The molecule has 0 bridgehead atoms.